The normalized spacial score (nSPS) is 12.4. The van der Waals surface area contributed by atoms with Crippen LogP contribution in [0.5, 0.6) is 0 Å². The second-order valence-corrected chi connectivity index (χ2v) is 10.4. The first-order valence-corrected chi connectivity index (χ1v) is 11.2. The number of carboxylic acids is 1. The van der Waals surface area contributed by atoms with Crippen LogP contribution >= 0.6 is 46.6 Å². The van der Waals surface area contributed by atoms with Crippen molar-refractivity contribution in [3.8, 4) is 0 Å². The monoisotopic (exact) mass is 492 g/mol. The van der Waals surface area contributed by atoms with E-state index in [0.717, 1.165) is 11.1 Å². The molecule has 0 saturated carbocycles. The molecule has 30 heavy (non-hydrogen) atoms. The molecule has 0 aliphatic carbocycles. The van der Waals surface area contributed by atoms with E-state index in [1.165, 1.54) is 23.9 Å². The third kappa shape index (κ3) is 9.56. The average molecular weight is 494 g/mol. The van der Waals surface area contributed by atoms with Gasteiger partial charge in [-0.2, -0.15) is 0 Å². The summed E-state index contributed by atoms with van der Waals surface area (Å²) < 4.78 is 16.5. The number of carboxylic acid groups (broad SMARTS) is 1. The SMILES string of the molecule is O=C(O)Cc1ccc(CC(SCCc2ccc(F)cc2)C(=O)OCC(Cl)(Cl)Cl)cc1. The summed E-state index contributed by atoms with van der Waals surface area (Å²) in [5.41, 5.74) is 2.48. The Morgan fingerprint density at radius 2 is 1.57 bits per heavy atom. The zero-order valence-corrected chi connectivity index (χ0v) is 18.9. The Morgan fingerprint density at radius 1 is 1.00 bits per heavy atom. The van der Waals surface area contributed by atoms with E-state index in [0.29, 0.717) is 24.2 Å². The van der Waals surface area contributed by atoms with Crippen molar-refractivity contribution in [3.05, 3.63) is 71.0 Å². The lowest BCUT2D eigenvalue weighted by Crippen LogP contribution is -2.27. The molecule has 0 aliphatic rings. The standard InChI is InChI=1S/C21H20Cl3FO4S/c22-21(23,24)13-29-20(28)18(30-10-9-14-5-7-17(25)8-6-14)11-15-1-3-16(4-2-15)12-19(26)27/h1-8,18H,9-13H2,(H,26,27). The largest absolute Gasteiger partial charge is 0.481 e. The van der Waals surface area contributed by atoms with Gasteiger partial charge < -0.3 is 9.84 Å². The lowest BCUT2D eigenvalue weighted by atomic mass is 10.1. The highest BCUT2D eigenvalue weighted by Crippen LogP contribution is 2.27. The molecule has 0 saturated heterocycles. The molecule has 0 spiro atoms. The minimum Gasteiger partial charge on any atom is -0.481 e. The van der Waals surface area contributed by atoms with Gasteiger partial charge in [-0.1, -0.05) is 71.2 Å². The molecule has 1 N–H and O–H groups in total. The van der Waals surface area contributed by atoms with Gasteiger partial charge in [-0.05, 0) is 47.4 Å². The molecule has 9 heteroatoms. The quantitative estimate of drug-likeness (QED) is 0.362. The molecule has 0 heterocycles. The number of halogens is 4. The Morgan fingerprint density at radius 3 is 2.13 bits per heavy atom. The summed E-state index contributed by atoms with van der Waals surface area (Å²) in [6.07, 6.45) is 0.957. The van der Waals surface area contributed by atoms with Crippen LogP contribution in [0, 0.1) is 5.82 Å². The van der Waals surface area contributed by atoms with Gasteiger partial charge in [0.15, 0.2) is 0 Å². The molecule has 2 rings (SSSR count). The van der Waals surface area contributed by atoms with E-state index in [-0.39, 0.29) is 18.8 Å². The lowest BCUT2D eigenvalue weighted by molar-refractivity contribution is -0.142. The zero-order valence-electron chi connectivity index (χ0n) is 15.8. The van der Waals surface area contributed by atoms with E-state index in [1.54, 1.807) is 36.4 Å². The molecule has 0 fully saturated rings. The molecule has 0 radical (unpaired) electrons. The van der Waals surface area contributed by atoms with Gasteiger partial charge in [0.05, 0.1) is 6.42 Å². The highest BCUT2D eigenvalue weighted by Gasteiger charge is 2.26. The summed E-state index contributed by atoms with van der Waals surface area (Å²) >= 11 is 18.4. The maximum absolute atomic E-state index is 13.0. The molecule has 0 aromatic heterocycles. The fraction of sp³-hybridized carbons (Fsp3) is 0.333. The van der Waals surface area contributed by atoms with Crippen molar-refractivity contribution in [2.24, 2.45) is 0 Å². The summed E-state index contributed by atoms with van der Waals surface area (Å²) in [6.45, 7) is -0.358. The molecule has 1 unspecified atom stereocenters. The molecule has 2 aromatic carbocycles. The third-order valence-electron chi connectivity index (χ3n) is 4.06. The van der Waals surface area contributed by atoms with Gasteiger partial charge in [0.25, 0.3) is 0 Å². The van der Waals surface area contributed by atoms with Crippen molar-refractivity contribution in [3.63, 3.8) is 0 Å². The molecule has 0 amide bonds. The van der Waals surface area contributed by atoms with E-state index in [2.05, 4.69) is 0 Å². The van der Waals surface area contributed by atoms with Crippen LogP contribution in [0.3, 0.4) is 0 Å². The molecular formula is C21H20Cl3FO4S. The van der Waals surface area contributed by atoms with Gasteiger partial charge >= 0.3 is 11.9 Å². The highest BCUT2D eigenvalue weighted by atomic mass is 35.6. The number of aryl methyl sites for hydroxylation is 1. The van der Waals surface area contributed by atoms with Crippen molar-refractivity contribution in [1.82, 2.24) is 0 Å². The number of esters is 1. The van der Waals surface area contributed by atoms with Crippen LogP contribution in [0.4, 0.5) is 4.39 Å². The predicted octanol–water partition coefficient (Wildman–Crippen LogP) is 5.25. The van der Waals surface area contributed by atoms with E-state index in [9.17, 15) is 14.0 Å². The number of benzene rings is 2. The minimum atomic E-state index is -1.70. The minimum absolute atomic E-state index is 0.0680. The smallest absolute Gasteiger partial charge is 0.319 e. The number of carbonyl (C=O) groups excluding carboxylic acids is 1. The third-order valence-corrected chi connectivity index (χ3v) is 5.59. The van der Waals surface area contributed by atoms with Crippen molar-refractivity contribution in [1.29, 1.82) is 0 Å². The Labute approximate surface area is 193 Å². The number of thioether (sulfide) groups is 1. The van der Waals surface area contributed by atoms with Gasteiger partial charge in [-0.15, -0.1) is 11.8 Å². The molecular weight excluding hydrogens is 474 g/mol. The van der Waals surface area contributed by atoms with Crippen LogP contribution in [0.1, 0.15) is 16.7 Å². The molecule has 2 aromatic rings. The van der Waals surface area contributed by atoms with Gasteiger partial charge in [0.2, 0.25) is 3.79 Å². The number of hydrogen-bond donors (Lipinski definition) is 1. The lowest BCUT2D eigenvalue weighted by Gasteiger charge is -2.18. The fourth-order valence-electron chi connectivity index (χ4n) is 2.61. The van der Waals surface area contributed by atoms with Gasteiger partial charge in [-0.3, -0.25) is 9.59 Å². The van der Waals surface area contributed by atoms with Gasteiger partial charge in [-0.25, -0.2) is 4.39 Å². The Balaban J connectivity index is 2.01. The number of hydrogen-bond acceptors (Lipinski definition) is 4. The summed E-state index contributed by atoms with van der Waals surface area (Å²) in [5.74, 6) is -1.10. The molecule has 1 atom stereocenters. The van der Waals surface area contributed by atoms with Gasteiger partial charge in [0.1, 0.15) is 17.7 Å². The summed E-state index contributed by atoms with van der Waals surface area (Å²) in [5, 5.41) is 8.33. The van der Waals surface area contributed by atoms with Crippen molar-refractivity contribution >= 4 is 58.5 Å². The first kappa shape index (κ1) is 24.8. The van der Waals surface area contributed by atoms with Crippen LogP contribution in [0.2, 0.25) is 0 Å². The van der Waals surface area contributed by atoms with Crippen LogP contribution in [-0.2, 0) is 33.6 Å². The number of rotatable bonds is 10. The number of aliphatic carboxylic acids is 1. The average Bonchev–Trinajstić information content (AvgIpc) is 2.67. The fourth-order valence-corrected chi connectivity index (χ4v) is 3.92. The first-order valence-electron chi connectivity index (χ1n) is 9.01. The number of ether oxygens (including phenoxy) is 1. The van der Waals surface area contributed by atoms with Crippen molar-refractivity contribution in [2.45, 2.75) is 28.3 Å². The Hall–Kier alpha value is -1.47. The maximum Gasteiger partial charge on any atom is 0.319 e. The zero-order chi connectivity index (χ0) is 22.1. The predicted molar refractivity (Wildman–Crippen MR) is 119 cm³/mol. The van der Waals surface area contributed by atoms with Crippen LogP contribution in [0.25, 0.3) is 0 Å². The second-order valence-electron chi connectivity index (χ2n) is 6.55. The maximum atomic E-state index is 13.0. The first-order chi connectivity index (χ1) is 14.1. The number of alkyl halides is 3. The molecule has 162 valence electrons. The number of carbonyl (C=O) groups is 2. The van der Waals surface area contributed by atoms with Crippen LogP contribution in [0.15, 0.2) is 48.5 Å². The summed E-state index contributed by atoms with van der Waals surface area (Å²) in [6, 6.07) is 13.2. The van der Waals surface area contributed by atoms with Crippen LogP contribution in [-0.4, -0.2) is 38.4 Å². The Bertz CT molecular complexity index is 839. The Kier molecular flexibility index (Phi) is 9.75. The highest BCUT2D eigenvalue weighted by molar-refractivity contribution is 8.00. The molecule has 0 bridgehead atoms. The summed E-state index contributed by atoms with van der Waals surface area (Å²) in [4.78, 5) is 23.4. The molecule has 0 aliphatic heterocycles. The van der Waals surface area contributed by atoms with E-state index < -0.39 is 21.0 Å². The second kappa shape index (κ2) is 11.8. The topological polar surface area (TPSA) is 63.6 Å². The van der Waals surface area contributed by atoms with E-state index in [4.69, 9.17) is 44.6 Å². The van der Waals surface area contributed by atoms with E-state index in [1.807, 2.05) is 0 Å². The van der Waals surface area contributed by atoms with Crippen molar-refractivity contribution in [2.75, 3.05) is 12.4 Å². The summed E-state index contributed by atoms with van der Waals surface area (Å²) in [7, 11) is 0. The van der Waals surface area contributed by atoms with Crippen LogP contribution < -0.4 is 0 Å². The van der Waals surface area contributed by atoms with Crippen molar-refractivity contribution < 1.29 is 23.8 Å². The van der Waals surface area contributed by atoms with Gasteiger partial charge in [0, 0.05) is 0 Å². The van der Waals surface area contributed by atoms with E-state index >= 15 is 0 Å². The molecule has 4 nitrogen and oxygen atoms in total.